The van der Waals surface area contributed by atoms with Gasteiger partial charge < -0.3 is 11.1 Å². The Hall–Kier alpha value is -2.44. The van der Waals surface area contributed by atoms with Gasteiger partial charge in [-0.3, -0.25) is 18.7 Å². The zero-order valence-electron chi connectivity index (χ0n) is 14.7. The van der Waals surface area contributed by atoms with E-state index in [2.05, 4.69) is 10.4 Å². The van der Waals surface area contributed by atoms with Crippen LogP contribution in [0.1, 0.15) is 43.6 Å². The van der Waals surface area contributed by atoms with Gasteiger partial charge in [-0.05, 0) is 31.2 Å². The molecule has 0 aliphatic rings. The number of benzene rings is 1. The predicted molar refractivity (Wildman–Crippen MR) is 94.8 cm³/mol. The fourth-order valence-electron chi connectivity index (χ4n) is 2.79. The number of aryl methyl sites for hydroxylation is 1. The number of carbonyl (C=O) groups excluding carboxylic acids is 2. The molecule has 1 unspecified atom stereocenters. The van der Waals surface area contributed by atoms with Crippen LogP contribution in [0.15, 0.2) is 24.3 Å². The fraction of sp³-hybridized carbons (Fsp3) is 0.500. The number of alkyl halides is 1. The van der Waals surface area contributed by atoms with Gasteiger partial charge >= 0.3 is 0 Å². The number of aromatic nitrogens is 2. The number of halogens is 1. The highest BCUT2D eigenvalue weighted by Crippen LogP contribution is 2.19. The van der Waals surface area contributed by atoms with E-state index in [1.807, 2.05) is 38.1 Å². The summed E-state index contributed by atoms with van der Waals surface area (Å²) in [4.78, 5) is 24.4. The van der Waals surface area contributed by atoms with Gasteiger partial charge in [0, 0.05) is 11.9 Å². The summed E-state index contributed by atoms with van der Waals surface area (Å²) >= 11 is 0. The van der Waals surface area contributed by atoms with Gasteiger partial charge in [-0.15, -0.1) is 0 Å². The minimum Gasteiger partial charge on any atom is -0.368 e. The van der Waals surface area contributed by atoms with Crippen LogP contribution in [0.25, 0.3) is 10.9 Å². The van der Waals surface area contributed by atoms with E-state index in [4.69, 9.17) is 5.73 Å². The van der Waals surface area contributed by atoms with E-state index in [0.29, 0.717) is 24.2 Å². The molecular formula is C18H25FN4O2. The molecule has 1 atom stereocenters. The molecule has 1 aromatic carbocycles. The van der Waals surface area contributed by atoms with Gasteiger partial charge in [-0.2, -0.15) is 5.10 Å². The Balaban J connectivity index is 2.30. The van der Waals surface area contributed by atoms with Crippen molar-refractivity contribution in [1.82, 2.24) is 15.1 Å². The number of nitrogens with two attached hydrogens (primary N) is 1. The van der Waals surface area contributed by atoms with Crippen molar-refractivity contribution in [3.05, 3.63) is 30.0 Å². The molecule has 2 aromatic rings. The fourth-order valence-corrected chi connectivity index (χ4v) is 2.79. The number of unbranched alkanes of at least 4 members (excludes halogenated alkanes) is 2. The lowest BCUT2D eigenvalue weighted by Gasteiger charge is -2.19. The molecule has 7 heteroatoms. The first-order chi connectivity index (χ1) is 12.0. The smallest absolute Gasteiger partial charge is 0.270 e. The number of carbonyl (C=O) groups is 2. The molecule has 0 aliphatic heterocycles. The third-order valence-corrected chi connectivity index (χ3v) is 4.12. The number of rotatable bonds is 9. The summed E-state index contributed by atoms with van der Waals surface area (Å²) in [6, 6.07) is 6.59. The third kappa shape index (κ3) is 4.55. The number of amides is 2. The molecule has 0 fully saturated rings. The molecule has 2 amide bonds. The van der Waals surface area contributed by atoms with Crippen LogP contribution in [-0.4, -0.2) is 34.3 Å². The molecule has 0 spiro atoms. The Morgan fingerprint density at radius 3 is 2.60 bits per heavy atom. The molecule has 3 N–H and O–H groups in total. The summed E-state index contributed by atoms with van der Waals surface area (Å²) in [5.74, 6) is -1.06. The normalized spacial score (nSPS) is 12.5. The second-order valence-electron chi connectivity index (χ2n) is 6.44. The first-order valence-corrected chi connectivity index (χ1v) is 8.57. The summed E-state index contributed by atoms with van der Waals surface area (Å²) in [6.45, 7) is 3.81. The van der Waals surface area contributed by atoms with E-state index < -0.39 is 11.9 Å². The van der Waals surface area contributed by atoms with E-state index in [0.717, 1.165) is 18.2 Å². The molecule has 136 valence electrons. The van der Waals surface area contributed by atoms with Crippen LogP contribution in [0.4, 0.5) is 4.39 Å². The number of fused-ring (bicyclic) bond motifs is 1. The Labute approximate surface area is 146 Å². The second kappa shape index (κ2) is 8.60. The lowest BCUT2D eigenvalue weighted by Crippen LogP contribution is -2.48. The van der Waals surface area contributed by atoms with Crippen LogP contribution in [0.2, 0.25) is 0 Å². The largest absolute Gasteiger partial charge is 0.368 e. The minimum absolute atomic E-state index is 0.117. The molecule has 2 rings (SSSR count). The highest BCUT2D eigenvalue weighted by atomic mass is 19.1. The molecule has 6 nitrogen and oxygen atoms in total. The maximum Gasteiger partial charge on any atom is 0.270 e. The quantitative estimate of drug-likeness (QED) is 0.682. The maximum absolute atomic E-state index is 12.8. The summed E-state index contributed by atoms with van der Waals surface area (Å²) in [5.41, 5.74) is 6.50. The van der Waals surface area contributed by atoms with Crippen molar-refractivity contribution in [2.75, 3.05) is 6.67 Å². The summed E-state index contributed by atoms with van der Waals surface area (Å²) in [5, 5.41) is 7.91. The molecule has 0 radical (unpaired) electrons. The maximum atomic E-state index is 12.8. The topological polar surface area (TPSA) is 90.0 Å². The van der Waals surface area contributed by atoms with Crippen molar-refractivity contribution in [3.63, 3.8) is 0 Å². The minimum atomic E-state index is -0.749. The third-order valence-electron chi connectivity index (χ3n) is 4.12. The Morgan fingerprint density at radius 2 is 1.96 bits per heavy atom. The monoisotopic (exact) mass is 348 g/mol. The average Bonchev–Trinajstić information content (AvgIpc) is 2.94. The van der Waals surface area contributed by atoms with E-state index in [9.17, 15) is 14.0 Å². The van der Waals surface area contributed by atoms with Crippen LogP contribution < -0.4 is 11.1 Å². The lowest BCUT2D eigenvalue weighted by atomic mass is 10.0. The number of primary amides is 1. The molecule has 0 bridgehead atoms. The standard InChI is InChI=1S/C18H25FN4O2/c1-12(2)15(17(20)24)21-18(25)16-13-8-4-5-9-14(13)22-23(16)11-7-3-6-10-19/h4-5,8-9,12,15H,3,6-7,10-11H2,1-2H3,(H2,20,24)(H,21,25). The van der Waals surface area contributed by atoms with Crippen LogP contribution in [0.5, 0.6) is 0 Å². The second-order valence-corrected chi connectivity index (χ2v) is 6.44. The average molecular weight is 348 g/mol. The Kier molecular flexibility index (Phi) is 6.50. The Bertz CT molecular complexity index is 742. The van der Waals surface area contributed by atoms with Crippen molar-refractivity contribution in [2.45, 2.75) is 45.7 Å². The van der Waals surface area contributed by atoms with Gasteiger partial charge in [0.15, 0.2) is 0 Å². The number of hydrogen-bond donors (Lipinski definition) is 2. The highest BCUT2D eigenvalue weighted by Gasteiger charge is 2.25. The van der Waals surface area contributed by atoms with Crippen molar-refractivity contribution in [3.8, 4) is 0 Å². The van der Waals surface area contributed by atoms with Gasteiger partial charge in [0.2, 0.25) is 5.91 Å². The van der Waals surface area contributed by atoms with E-state index in [1.54, 1.807) is 4.68 Å². The predicted octanol–water partition coefficient (Wildman–Crippen LogP) is 2.42. The summed E-state index contributed by atoms with van der Waals surface area (Å²) < 4.78 is 13.9. The van der Waals surface area contributed by atoms with E-state index in [1.165, 1.54) is 0 Å². The molecule has 0 saturated carbocycles. The molecule has 1 aromatic heterocycles. The zero-order chi connectivity index (χ0) is 18.4. The lowest BCUT2D eigenvalue weighted by molar-refractivity contribution is -0.120. The van der Waals surface area contributed by atoms with Crippen molar-refractivity contribution in [1.29, 1.82) is 0 Å². The number of nitrogens with one attached hydrogen (secondary N) is 1. The number of nitrogens with zero attached hydrogens (tertiary/aromatic N) is 2. The molecule has 0 saturated heterocycles. The van der Waals surface area contributed by atoms with Gasteiger partial charge in [0.1, 0.15) is 11.7 Å². The van der Waals surface area contributed by atoms with Gasteiger partial charge in [-0.1, -0.05) is 32.0 Å². The van der Waals surface area contributed by atoms with Gasteiger partial charge in [-0.25, -0.2) is 0 Å². The van der Waals surface area contributed by atoms with E-state index in [-0.39, 0.29) is 18.5 Å². The molecular weight excluding hydrogens is 323 g/mol. The first kappa shape index (κ1) is 18.9. The molecule has 0 aliphatic carbocycles. The SMILES string of the molecule is CC(C)C(NC(=O)c1c2ccccc2nn1CCCCCF)C(N)=O. The van der Waals surface area contributed by atoms with Crippen LogP contribution >= 0.6 is 0 Å². The van der Waals surface area contributed by atoms with Crippen molar-refractivity contribution >= 4 is 22.7 Å². The van der Waals surface area contributed by atoms with Crippen molar-refractivity contribution < 1.29 is 14.0 Å². The summed E-state index contributed by atoms with van der Waals surface area (Å²) in [6.07, 6.45) is 1.95. The van der Waals surface area contributed by atoms with Crippen LogP contribution in [0, 0.1) is 5.92 Å². The summed E-state index contributed by atoms with van der Waals surface area (Å²) in [7, 11) is 0. The van der Waals surface area contributed by atoms with Crippen LogP contribution in [0.3, 0.4) is 0 Å². The van der Waals surface area contributed by atoms with Crippen molar-refractivity contribution in [2.24, 2.45) is 11.7 Å². The van der Waals surface area contributed by atoms with Gasteiger partial charge in [0.05, 0.1) is 12.2 Å². The molecule has 1 heterocycles. The van der Waals surface area contributed by atoms with Gasteiger partial charge in [0.25, 0.3) is 5.91 Å². The Morgan fingerprint density at radius 1 is 1.24 bits per heavy atom. The molecule has 25 heavy (non-hydrogen) atoms. The van der Waals surface area contributed by atoms with Crippen LogP contribution in [-0.2, 0) is 11.3 Å². The number of hydrogen-bond acceptors (Lipinski definition) is 3. The van der Waals surface area contributed by atoms with E-state index >= 15 is 0 Å². The highest BCUT2D eigenvalue weighted by molar-refractivity contribution is 6.06. The zero-order valence-corrected chi connectivity index (χ0v) is 14.7. The first-order valence-electron chi connectivity index (χ1n) is 8.57.